The molecule has 14 heteroatoms. The lowest BCUT2D eigenvalue weighted by Gasteiger charge is -2.42. The zero-order valence-corrected chi connectivity index (χ0v) is 21.3. The van der Waals surface area contributed by atoms with Gasteiger partial charge in [0, 0.05) is 12.8 Å². The summed E-state index contributed by atoms with van der Waals surface area (Å²) in [6.45, 7) is 0.977. The first-order valence-electron chi connectivity index (χ1n) is 12.6. The van der Waals surface area contributed by atoms with Crippen molar-refractivity contribution in [2.24, 2.45) is 0 Å². The molecule has 222 valence electrons. The molecule has 1 aliphatic rings. The van der Waals surface area contributed by atoms with Crippen molar-refractivity contribution in [3.8, 4) is 0 Å². The summed E-state index contributed by atoms with van der Waals surface area (Å²) in [5.41, 5.74) is 0. The Morgan fingerprint density at radius 2 is 1.42 bits per heavy atom. The molecular formula is C24H42O14. The fourth-order valence-electron chi connectivity index (χ4n) is 3.80. The Kier molecular flexibility index (Phi) is 16.7. The van der Waals surface area contributed by atoms with Gasteiger partial charge in [-0.25, -0.2) is 0 Å². The van der Waals surface area contributed by atoms with Gasteiger partial charge in [-0.2, -0.15) is 0 Å². The van der Waals surface area contributed by atoms with Crippen LogP contribution in [-0.2, 0) is 28.5 Å². The number of esters is 2. The van der Waals surface area contributed by atoms with E-state index in [4.69, 9.17) is 19.3 Å². The highest BCUT2D eigenvalue weighted by molar-refractivity contribution is 5.69. The van der Waals surface area contributed by atoms with Gasteiger partial charge >= 0.3 is 11.9 Å². The number of ether oxygens (including phenoxy) is 4. The molecule has 1 fully saturated rings. The van der Waals surface area contributed by atoms with Crippen LogP contribution in [0.5, 0.6) is 0 Å². The van der Waals surface area contributed by atoms with Gasteiger partial charge < -0.3 is 59.8 Å². The number of rotatable bonds is 19. The standard InChI is InChI=1S/C24H42O14/c1-2-35-17(29)9-7-5-3-4-6-8-10-18(30)36-13-15(28)23(19(31)14(27)11-25)38-24-22(34)21(33)20(32)16(12-26)37-24/h2,14-16,19-28,31-34H,1,3-13H2/t14-,15+,16+,19+,20-,21-,22+,23+,24-/m0/s1. The van der Waals surface area contributed by atoms with Crippen molar-refractivity contribution in [2.45, 2.75) is 106 Å². The molecule has 1 aliphatic heterocycles. The molecule has 0 aromatic rings. The molecular weight excluding hydrogens is 512 g/mol. The molecule has 1 rings (SSSR count). The molecule has 0 bridgehead atoms. The van der Waals surface area contributed by atoms with Crippen molar-refractivity contribution in [2.75, 3.05) is 19.8 Å². The molecule has 1 heterocycles. The van der Waals surface area contributed by atoms with Crippen molar-refractivity contribution in [1.29, 1.82) is 0 Å². The quantitative estimate of drug-likeness (QED) is 0.0472. The molecule has 0 aromatic heterocycles. The van der Waals surface area contributed by atoms with Gasteiger partial charge in [0.25, 0.3) is 0 Å². The number of carbonyl (C=O) groups is 2. The van der Waals surface area contributed by atoms with Gasteiger partial charge in [-0.1, -0.05) is 32.3 Å². The summed E-state index contributed by atoms with van der Waals surface area (Å²) < 4.78 is 20.2. The maximum Gasteiger partial charge on any atom is 0.310 e. The fraction of sp³-hybridized carbons (Fsp3) is 0.833. The van der Waals surface area contributed by atoms with Crippen LogP contribution >= 0.6 is 0 Å². The monoisotopic (exact) mass is 554 g/mol. The van der Waals surface area contributed by atoms with E-state index in [0.717, 1.165) is 31.9 Å². The number of aliphatic hydroxyl groups is 8. The Labute approximate surface area is 221 Å². The van der Waals surface area contributed by atoms with Gasteiger partial charge in [0.15, 0.2) is 6.29 Å². The van der Waals surface area contributed by atoms with Crippen molar-refractivity contribution in [1.82, 2.24) is 0 Å². The SMILES string of the molecule is C=COC(=O)CCCCCCCCC(=O)OC[C@@H](O)[C@@H](O[C@@H]1O[C@H](CO)[C@H](O)[C@H](O)[C@H]1O)[C@H](O)[C@@H](O)CO. The number of aliphatic hydroxyl groups excluding tert-OH is 8. The predicted molar refractivity (Wildman–Crippen MR) is 128 cm³/mol. The molecule has 0 radical (unpaired) electrons. The second kappa shape index (κ2) is 18.5. The molecule has 8 N–H and O–H groups in total. The Morgan fingerprint density at radius 1 is 0.842 bits per heavy atom. The third-order valence-electron chi connectivity index (χ3n) is 6.08. The number of carbonyl (C=O) groups excluding carboxylic acids is 2. The topological polar surface area (TPSA) is 233 Å². The minimum atomic E-state index is -1.93. The van der Waals surface area contributed by atoms with Crippen LogP contribution < -0.4 is 0 Å². The van der Waals surface area contributed by atoms with Gasteiger partial charge in [0.2, 0.25) is 0 Å². The van der Waals surface area contributed by atoms with E-state index in [9.17, 15) is 45.3 Å². The van der Waals surface area contributed by atoms with Crippen molar-refractivity contribution < 1.29 is 69.4 Å². The fourth-order valence-corrected chi connectivity index (χ4v) is 3.80. The number of unbranched alkanes of at least 4 members (excludes halogenated alkanes) is 5. The minimum absolute atomic E-state index is 0.0540. The first-order chi connectivity index (χ1) is 18.1. The van der Waals surface area contributed by atoms with Crippen LogP contribution in [0.4, 0.5) is 0 Å². The Hall–Kier alpha value is -1.72. The van der Waals surface area contributed by atoms with Crippen LogP contribution in [0.15, 0.2) is 12.8 Å². The summed E-state index contributed by atoms with van der Waals surface area (Å²) in [4.78, 5) is 23.3. The maximum absolute atomic E-state index is 12.1. The van der Waals surface area contributed by atoms with Crippen LogP contribution in [0.3, 0.4) is 0 Å². The Bertz CT molecular complexity index is 689. The van der Waals surface area contributed by atoms with Crippen LogP contribution in [0.1, 0.15) is 51.4 Å². The average molecular weight is 555 g/mol. The second-order valence-electron chi connectivity index (χ2n) is 9.07. The summed E-state index contributed by atoms with van der Waals surface area (Å²) in [5, 5.41) is 79.1. The van der Waals surface area contributed by atoms with Gasteiger partial charge in [-0.3, -0.25) is 9.59 Å². The zero-order chi connectivity index (χ0) is 28.7. The third kappa shape index (κ3) is 11.6. The minimum Gasteiger partial charge on any atom is -0.463 e. The van der Waals surface area contributed by atoms with E-state index in [1.165, 1.54) is 0 Å². The summed E-state index contributed by atoms with van der Waals surface area (Å²) in [6.07, 6.45) is -9.71. The van der Waals surface area contributed by atoms with E-state index in [1.54, 1.807) is 0 Å². The molecule has 0 spiro atoms. The third-order valence-corrected chi connectivity index (χ3v) is 6.08. The lowest BCUT2D eigenvalue weighted by atomic mass is 9.98. The maximum atomic E-state index is 12.1. The van der Waals surface area contributed by atoms with Gasteiger partial charge in [0.05, 0.1) is 19.5 Å². The van der Waals surface area contributed by atoms with E-state index in [2.05, 4.69) is 11.3 Å². The first-order valence-corrected chi connectivity index (χ1v) is 12.6. The van der Waals surface area contributed by atoms with Crippen LogP contribution in [0.2, 0.25) is 0 Å². The van der Waals surface area contributed by atoms with Gasteiger partial charge in [-0.15, -0.1) is 0 Å². The van der Waals surface area contributed by atoms with Crippen molar-refractivity contribution in [3.05, 3.63) is 12.8 Å². The van der Waals surface area contributed by atoms with Crippen LogP contribution in [0.25, 0.3) is 0 Å². The highest BCUT2D eigenvalue weighted by atomic mass is 16.7. The molecule has 14 nitrogen and oxygen atoms in total. The van der Waals surface area contributed by atoms with E-state index < -0.39 is 80.9 Å². The van der Waals surface area contributed by atoms with Gasteiger partial charge in [0.1, 0.15) is 55.4 Å². The highest BCUT2D eigenvalue weighted by Gasteiger charge is 2.47. The van der Waals surface area contributed by atoms with Gasteiger partial charge in [-0.05, 0) is 12.8 Å². The van der Waals surface area contributed by atoms with Crippen LogP contribution in [-0.4, -0.2) is 128 Å². The number of hydrogen-bond donors (Lipinski definition) is 8. The highest BCUT2D eigenvalue weighted by Crippen LogP contribution is 2.25. The summed E-state index contributed by atoms with van der Waals surface area (Å²) in [6, 6.07) is 0. The van der Waals surface area contributed by atoms with E-state index in [-0.39, 0.29) is 12.4 Å². The average Bonchev–Trinajstić information content (AvgIpc) is 2.90. The lowest BCUT2D eigenvalue weighted by molar-refractivity contribution is -0.327. The largest absolute Gasteiger partial charge is 0.463 e. The molecule has 38 heavy (non-hydrogen) atoms. The molecule has 9 atom stereocenters. The normalized spacial score (nSPS) is 26.7. The van der Waals surface area contributed by atoms with E-state index in [0.29, 0.717) is 19.3 Å². The van der Waals surface area contributed by atoms with Crippen molar-refractivity contribution in [3.63, 3.8) is 0 Å². The molecule has 0 amide bonds. The zero-order valence-electron chi connectivity index (χ0n) is 21.3. The Balaban J connectivity index is 2.50. The molecule has 1 saturated heterocycles. The van der Waals surface area contributed by atoms with Crippen molar-refractivity contribution >= 4 is 11.9 Å². The summed E-state index contributed by atoms with van der Waals surface area (Å²) >= 11 is 0. The second-order valence-corrected chi connectivity index (χ2v) is 9.07. The Morgan fingerprint density at radius 3 is 1.97 bits per heavy atom. The molecule has 0 aliphatic carbocycles. The lowest BCUT2D eigenvalue weighted by Crippen LogP contribution is -2.61. The molecule has 0 saturated carbocycles. The van der Waals surface area contributed by atoms with E-state index in [1.807, 2.05) is 0 Å². The number of hydrogen-bond acceptors (Lipinski definition) is 14. The van der Waals surface area contributed by atoms with E-state index >= 15 is 0 Å². The smallest absolute Gasteiger partial charge is 0.310 e. The first kappa shape index (κ1) is 34.3. The molecule has 0 aromatic carbocycles. The summed E-state index contributed by atoms with van der Waals surface area (Å²) in [5.74, 6) is -0.968. The van der Waals surface area contributed by atoms with Crippen LogP contribution in [0, 0.1) is 0 Å². The molecule has 0 unspecified atom stereocenters. The predicted octanol–water partition coefficient (Wildman–Crippen LogP) is -2.40. The summed E-state index contributed by atoms with van der Waals surface area (Å²) in [7, 11) is 0.